The van der Waals surface area contributed by atoms with Gasteiger partial charge in [-0.25, -0.2) is 74.8 Å². The van der Waals surface area contributed by atoms with Gasteiger partial charge in [0, 0.05) is 101 Å². The second kappa shape index (κ2) is 31.9. The zero-order chi connectivity index (χ0) is 76.9. The van der Waals surface area contributed by atoms with Gasteiger partial charge in [0.05, 0.1) is 51.9 Å². The van der Waals surface area contributed by atoms with Crippen molar-refractivity contribution in [1.82, 2.24) is 74.8 Å². The van der Waals surface area contributed by atoms with Crippen LogP contribution in [0.1, 0.15) is 31.8 Å². The molecule has 0 unspecified atom stereocenters. The molecule has 0 N–H and O–H groups in total. The maximum Gasteiger partial charge on any atom is 0.199 e. The summed E-state index contributed by atoms with van der Waals surface area (Å²) in [5.74, 6) is 1.38. The van der Waals surface area contributed by atoms with E-state index in [1.165, 1.54) is 22.3 Å². The first kappa shape index (κ1) is 64.2. The molecule has 0 radical (unpaired) electrons. The van der Waals surface area contributed by atoms with Gasteiger partial charge < -0.3 is 0 Å². The van der Waals surface area contributed by atoms with E-state index in [9.17, 15) is 0 Å². The van der Waals surface area contributed by atoms with Gasteiger partial charge >= 0.3 is 0 Å². The molecule has 9 aromatic carbocycles. The van der Waals surface area contributed by atoms with E-state index >= 15 is 0 Å². The van der Waals surface area contributed by atoms with Crippen LogP contribution in [-0.2, 0) is 5.41 Å². The molecule has 9 aromatic heterocycles. The zero-order valence-electron chi connectivity index (χ0n) is 61.1. The molecule has 9 heterocycles. The van der Waals surface area contributed by atoms with Gasteiger partial charge in [-0.2, -0.15) is 0 Å². The Balaban J connectivity index is 0.000000112. The Kier molecular flexibility index (Phi) is 19.3. The molecule has 20 heteroatoms. The van der Waals surface area contributed by atoms with Crippen LogP contribution in [0.25, 0.3) is 145 Å². The minimum absolute atomic E-state index is 0.0344. The lowest BCUT2D eigenvalue weighted by molar-refractivity contribution is 0.660. The number of aromatic nitrogens is 15. The second-order valence-corrected chi connectivity index (χ2v) is 28.0. The Morgan fingerprint density at radius 1 is 0.283 bits per heavy atom. The average Bonchev–Trinajstić information content (AvgIpc) is 1.57. The van der Waals surface area contributed by atoms with Crippen LogP contribution < -0.4 is 0 Å². The number of para-hydroxylation sites is 2. The summed E-state index contributed by atoms with van der Waals surface area (Å²) in [6.45, 7) is 4.59. The molecule has 0 spiro atoms. The molecular formula is C86H56Br5N15. The van der Waals surface area contributed by atoms with Crippen LogP contribution in [-0.4, -0.2) is 74.8 Å². The smallest absolute Gasteiger partial charge is 0.199 e. The maximum atomic E-state index is 8.05. The quantitative estimate of drug-likeness (QED) is 0.137. The van der Waals surface area contributed by atoms with Crippen molar-refractivity contribution in [3.63, 3.8) is 0 Å². The van der Waals surface area contributed by atoms with E-state index in [0.29, 0.717) is 42.4 Å². The summed E-state index contributed by atoms with van der Waals surface area (Å²) in [4.78, 5) is 66.1. The third-order valence-corrected chi connectivity index (χ3v) is 19.2. The summed E-state index contributed by atoms with van der Waals surface area (Å²) in [6.07, 6.45) is 8.46. The van der Waals surface area contributed by atoms with Gasteiger partial charge in [0.1, 0.15) is 0 Å². The summed E-state index contributed by atoms with van der Waals surface area (Å²) in [5.41, 5.74) is 18.9. The van der Waals surface area contributed by atoms with Crippen LogP contribution in [0.15, 0.2) is 327 Å². The molecule has 0 saturated carbocycles. The van der Waals surface area contributed by atoms with Crippen LogP contribution in [0.3, 0.4) is 0 Å². The van der Waals surface area contributed by atoms with Gasteiger partial charge in [0.15, 0.2) is 47.5 Å². The number of pyridine rings is 3. The number of nitrogens with zero attached hydrogens (tertiary/aromatic N) is 15. The van der Waals surface area contributed by atoms with Crippen LogP contribution in [0.4, 0.5) is 0 Å². The predicted molar refractivity (Wildman–Crippen MR) is 441 cm³/mol. The Morgan fingerprint density at radius 2 is 0.642 bits per heavy atom. The van der Waals surface area contributed by atoms with E-state index in [0.717, 1.165) is 99.0 Å². The fourth-order valence-electron chi connectivity index (χ4n) is 12.3. The first-order valence-electron chi connectivity index (χ1n) is 35.5. The van der Waals surface area contributed by atoms with Gasteiger partial charge in [-0.1, -0.05) is 236 Å². The molecule has 0 fully saturated rings. The van der Waals surface area contributed by atoms with Gasteiger partial charge in [-0.3, -0.25) is 0 Å². The Morgan fingerprint density at radius 3 is 1.08 bits per heavy atom. The van der Waals surface area contributed by atoms with Crippen LogP contribution >= 0.6 is 79.6 Å². The summed E-state index contributed by atoms with van der Waals surface area (Å²) >= 11 is 16.7. The Hall–Kier alpha value is -11.4. The number of rotatable bonds is 7. The molecule has 0 aliphatic heterocycles. The van der Waals surface area contributed by atoms with Crippen molar-refractivity contribution >= 4 is 135 Å². The largest absolute Gasteiger partial charge is 0.236 e. The van der Waals surface area contributed by atoms with Crippen LogP contribution in [0, 0.1) is 0 Å². The van der Waals surface area contributed by atoms with Crippen molar-refractivity contribution in [2.24, 2.45) is 0 Å². The van der Waals surface area contributed by atoms with Crippen molar-refractivity contribution in [2.45, 2.75) is 19.3 Å². The Labute approximate surface area is 658 Å². The van der Waals surface area contributed by atoms with Crippen molar-refractivity contribution in [1.29, 1.82) is 0 Å². The normalized spacial score (nSPS) is 12.3. The zero-order valence-corrected chi connectivity index (χ0v) is 64.0. The maximum absolute atomic E-state index is 8.05. The number of benzene rings is 9. The van der Waals surface area contributed by atoms with Crippen LogP contribution in [0.2, 0.25) is 0 Å². The third kappa shape index (κ3) is 15.5. The first-order chi connectivity index (χ1) is 53.9. The molecule has 0 saturated heterocycles. The summed E-state index contributed by atoms with van der Waals surface area (Å²) in [5, 5.41) is 4.54. The number of halogens is 5. The van der Waals surface area contributed by atoms with E-state index < -0.39 is 18.1 Å². The van der Waals surface area contributed by atoms with Gasteiger partial charge in [-0.05, 0) is 153 Å². The second-order valence-electron chi connectivity index (χ2n) is 24.3. The fourth-order valence-corrected chi connectivity index (χ4v) is 13.9. The highest BCUT2D eigenvalue weighted by molar-refractivity contribution is 9.11. The molecule has 19 rings (SSSR count). The molecular weight excluding hydrogens is 1640 g/mol. The molecule has 15 nitrogen and oxygen atoms in total. The van der Waals surface area contributed by atoms with Gasteiger partial charge in [-0.15, -0.1) is 0 Å². The van der Waals surface area contributed by atoms with Crippen molar-refractivity contribution < 1.29 is 6.85 Å². The van der Waals surface area contributed by atoms with Crippen molar-refractivity contribution in [3.8, 4) is 90.2 Å². The highest BCUT2D eigenvalue weighted by atomic mass is 79.9. The van der Waals surface area contributed by atoms with Crippen molar-refractivity contribution in [2.75, 3.05) is 0 Å². The highest BCUT2D eigenvalue weighted by Gasteiger charge is 2.36. The predicted octanol–water partition coefficient (Wildman–Crippen LogP) is 22.9. The topological polar surface area (TPSA) is 193 Å². The number of hydrogen-bond donors (Lipinski definition) is 0. The third-order valence-electron chi connectivity index (χ3n) is 17.2. The average molecular weight is 1700 g/mol. The van der Waals surface area contributed by atoms with E-state index in [-0.39, 0.29) is 33.5 Å². The lowest BCUT2D eigenvalue weighted by atomic mass is 9.82. The minimum Gasteiger partial charge on any atom is -0.236 e. The summed E-state index contributed by atoms with van der Waals surface area (Å²) < 4.78 is 42.3. The SMILES string of the molecule is Brc1nc(-c2ccccc2)c2cccnc2n1.Brc1nc(-c2ccccc2)c2cccnc2n1.Brc1ncc(-c2nc(-c3ccccc3)c3ccccc3n2)cn1.CC1(C)c2cc(Br)ccc2-c2ccc(-c3nc(-c4ccccc4)c4ccccc4n3)cc21.[2H]c1c([2H])c([2H])c(-c2nc(Br)nc3ncccc23)c([2H])c1[2H]. The first-order valence-corrected chi connectivity index (χ1v) is 37.0. The molecule has 0 amide bonds. The number of fused-ring (bicyclic) bond motifs is 8. The lowest BCUT2D eigenvalue weighted by Crippen LogP contribution is -2.15. The lowest BCUT2D eigenvalue weighted by Gasteiger charge is -2.22. The summed E-state index contributed by atoms with van der Waals surface area (Å²) in [7, 11) is 0. The van der Waals surface area contributed by atoms with E-state index in [1.54, 1.807) is 43.1 Å². The van der Waals surface area contributed by atoms with E-state index in [2.05, 4.69) is 238 Å². The fraction of sp³-hybridized carbons (Fsp3) is 0.0349. The summed E-state index contributed by atoms with van der Waals surface area (Å²) in [6, 6.07) is 79.3. The van der Waals surface area contributed by atoms with E-state index in [1.807, 2.05) is 146 Å². The number of hydrogen-bond acceptors (Lipinski definition) is 15. The monoisotopic (exact) mass is 1700 g/mol. The molecule has 1 aliphatic rings. The molecule has 18 aromatic rings. The molecule has 0 atom stereocenters. The molecule has 510 valence electrons. The molecule has 1 aliphatic carbocycles. The van der Waals surface area contributed by atoms with Gasteiger partial charge in [0.2, 0.25) is 0 Å². The van der Waals surface area contributed by atoms with Gasteiger partial charge in [0.25, 0.3) is 0 Å². The molecule has 106 heavy (non-hydrogen) atoms. The van der Waals surface area contributed by atoms with Crippen molar-refractivity contribution in [3.05, 3.63) is 338 Å². The van der Waals surface area contributed by atoms with E-state index in [4.69, 9.17) is 21.8 Å². The van der Waals surface area contributed by atoms with Crippen LogP contribution in [0.5, 0.6) is 0 Å². The highest BCUT2D eigenvalue weighted by Crippen LogP contribution is 2.50. The molecule has 0 bridgehead atoms. The minimum atomic E-state index is -0.436. The Bertz CT molecular complexity index is 6380. The standard InChI is InChI=1S/C29H21BrN2.C18H11BrN4.3C13H8BrN3/c1-29(2)24-16-19(12-14-21(24)22-15-13-20(30)17-25(22)29)28-31-26-11-7-6-10-23(26)27(32-28)18-8-4-3-5-9-18;19-18-20-10-13(11-21-18)17-22-15-9-5-4-8-14(15)16(23-17)12-6-2-1-3-7-12;3*14-13-16-11(9-5-2-1-3-6-9)10-7-4-8-15-12(10)17-13/h3-17H,1-2H3;1-11H;3*1-8H/i;;1D,2D,3D,5D,6D;;.